The molecule has 0 radical (unpaired) electrons. The number of benzene rings is 2. The third-order valence-corrected chi connectivity index (χ3v) is 3.21. The zero-order valence-corrected chi connectivity index (χ0v) is 11.0. The SMILES string of the molecule is Nc1cccc2c1nc(-c1ccc(F)cc1)n2CC(=O)O. The predicted octanol–water partition coefficient (Wildman–Crippen LogP) is 2.51. The standard InChI is InChI=1S/C15H12FN3O2/c16-10-6-4-9(5-7-10)15-18-14-11(17)2-1-3-12(14)19(15)8-13(20)21/h1-7H,8,17H2,(H,20,21). The van der Waals surface area contributed by atoms with E-state index in [1.807, 2.05) is 0 Å². The highest BCUT2D eigenvalue weighted by atomic mass is 19.1. The number of halogens is 1. The maximum absolute atomic E-state index is 13.0. The first-order valence-electron chi connectivity index (χ1n) is 6.28. The number of nitrogen functional groups attached to an aromatic ring is 1. The lowest BCUT2D eigenvalue weighted by atomic mass is 10.2. The first-order chi connectivity index (χ1) is 10.1. The van der Waals surface area contributed by atoms with Crippen molar-refractivity contribution >= 4 is 22.7 Å². The van der Waals surface area contributed by atoms with Gasteiger partial charge in [-0.3, -0.25) is 4.79 Å². The Balaban J connectivity index is 2.27. The lowest BCUT2D eigenvalue weighted by Crippen LogP contribution is -2.10. The van der Waals surface area contributed by atoms with E-state index in [-0.39, 0.29) is 12.4 Å². The molecule has 0 amide bonds. The van der Waals surface area contributed by atoms with Gasteiger partial charge < -0.3 is 15.4 Å². The Hall–Kier alpha value is -2.89. The van der Waals surface area contributed by atoms with Gasteiger partial charge in [0.2, 0.25) is 0 Å². The van der Waals surface area contributed by atoms with Gasteiger partial charge in [0.05, 0.1) is 11.2 Å². The summed E-state index contributed by atoms with van der Waals surface area (Å²) in [5.41, 5.74) is 8.17. The van der Waals surface area contributed by atoms with Crippen LogP contribution >= 0.6 is 0 Å². The summed E-state index contributed by atoms with van der Waals surface area (Å²) in [6, 6.07) is 10.9. The van der Waals surface area contributed by atoms with Crippen molar-refractivity contribution in [3.63, 3.8) is 0 Å². The van der Waals surface area contributed by atoms with E-state index in [2.05, 4.69) is 4.98 Å². The van der Waals surface area contributed by atoms with Crippen molar-refractivity contribution in [3.05, 3.63) is 48.3 Å². The summed E-state index contributed by atoms with van der Waals surface area (Å²) >= 11 is 0. The second kappa shape index (κ2) is 4.90. The van der Waals surface area contributed by atoms with Crippen LogP contribution in [0.5, 0.6) is 0 Å². The average Bonchev–Trinajstić information content (AvgIpc) is 2.80. The topological polar surface area (TPSA) is 81.1 Å². The number of rotatable bonds is 3. The lowest BCUT2D eigenvalue weighted by Gasteiger charge is -2.06. The highest BCUT2D eigenvalue weighted by molar-refractivity contribution is 5.91. The molecule has 3 aromatic rings. The summed E-state index contributed by atoms with van der Waals surface area (Å²) in [6.07, 6.45) is 0. The average molecular weight is 285 g/mol. The van der Waals surface area contributed by atoms with E-state index in [1.165, 1.54) is 12.1 Å². The van der Waals surface area contributed by atoms with Gasteiger partial charge in [-0.2, -0.15) is 0 Å². The van der Waals surface area contributed by atoms with Gasteiger partial charge in [-0.15, -0.1) is 0 Å². The molecular formula is C15H12FN3O2. The predicted molar refractivity (Wildman–Crippen MR) is 77.2 cm³/mol. The van der Waals surface area contributed by atoms with Gasteiger partial charge in [-0.05, 0) is 36.4 Å². The highest BCUT2D eigenvalue weighted by Crippen LogP contribution is 2.28. The zero-order valence-electron chi connectivity index (χ0n) is 11.0. The quantitative estimate of drug-likeness (QED) is 0.724. The van der Waals surface area contributed by atoms with Crippen LogP contribution < -0.4 is 5.73 Å². The van der Waals surface area contributed by atoms with Gasteiger partial charge in [0.15, 0.2) is 0 Å². The molecule has 0 aliphatic carbocycles. The van der Waals surface area contributed by atoms with E-state index in [0.29, 0.717) is 28.1 Å². The van der Waals surface area contributed by atoms with Gasteiger partial charge in [0.1, 0.15) is 23.7 Å². The molecule has 0 saturated carbocycles. The van der Waals surface area contributed by atoms with E-state index in [9.17, 15) is 9.18 Å². The molecule has 1 heterocycles. The van der Waals surface area contributed by atoms with Crippen molar-refractivity contribution in [1.29, 1.82) is 0 Å². The normalized spacial score (nSPS) is 10.9. The molecule has 0 spiro atoms. The van der Waals surface area contributed by atoms with Crippen LogP contribution in [0.1, 0.15) is 0 Å². The second-order valence-corrected chi connectivity index (χ2v) is 4.64. The molecule has 0 bridgehead atoms. The monoisotopic (exact) mass is 285 g/mol. The van der Waals surface area contributed by atoms with Crippen LogP contribution in [0.2, 0.25) is 0 Å². The van der Waals surface area contributed by atoms with Crippen LogP contribution in [0.4, 0.5) is 10.1 Å². The third-order valence-electron chi connectivity index (χ3n) is 3.21. The molecule has 0 saturated heterocycles. The van der Waals surface area contributed by atoms with Crippen LogP contribution in [0.15, 0.2) is 42.5 Å². The number of aromatic nitrogens is 2. The third kappa shape index (κ3) is 2.31. The van der Waals surface area contributed by atoms with E-state index < -0.39 is 5.97 Å². The fourth-order valence-corrected chi connectivity index (χ4v) is 2.28. The molecule has 21 heavy (non-hydrogen) atoms. The molecule has 1 aromatic heterocycles. The maximum atomic E-state index is 13.0. The molecule has 0 aliphatic heterocycles. The second-order valence-electron chi connectivity index (χ2n) is 4.64. The smallest absolute Gasteiger partial charge is 0.323 e. The van der Waals surface area contributed by atoms with Crippen molar-refractivity contribution in [3.8, 4) is 11.4 Å². The number of imidazole rings is 1. The number of carboxylic acids is 1. The number of carboxylic acid groups (broad SMARTS) is 1. The molecular weight excluding hydrogens is 273 g/mol. The number of hydrogen-bond acceptors (Lipinski definition) is 3. The van der Waals surface area contributed by atoms with Crippen molar-refractivity contribution in [1.82, 2.24) is 9.55 Å². The van der Waals surface area contributed by atoms with Crippen molar-refractivity contribution < 1.29 is 14.3 Å². The van der Waals surface area contributed by atoms with E-state index in [0.717, 1.165) is 0 Å². The van der Waals surface area contributed by atoms with Crippen LogP contribution in [-0.4, -0.2) is 20.6 Å². The largest absolute Gasteiger partial charge is 0.480 e. The Morgan fingerprint density at radius 2 is 1.95 bits per heavy atom. The first-order valence-corrected chi connectivity index (χ1v) is 6.28. The van der Waals surface area contributed by atoms with Gasteiger partial charge in [0, 0.05) is 5.56 Å². The van der Waals surface area contributed by atoms with Crippen LogP contribution in [0.25, 0.3) is 22.4 Å². The van der Waals surface area contributed by atoms with Crippen LogP contribution in [0, 0.1) is 5.82 Å². The molecule has 2 aromatic carbocycles. The highest BCUT2D eigenvalue weighted by Gasteiger charge is 2.16. The zero-order chi connectivity index (χ0) is 15.0. The van der Waals surface area contributed by atoms with E-state index in [4.69, 9.17) is 10.8 Å². The molecule has 0 fully saturated rings. The Morgan fingerprint density at radius 3 is 2.62 bits per heavy atom. The number of fused-ring (bicyclic) bond motifs is 1. The summed E-state index contributed by atoms with van der Waals surface area (Å²) in [4.78, 5) is 15.5. The lowest BCUT2D eigenvalue weighted by molar-refractivity contribution is -0.137. The van der Waals surface area contributed by atoms with Crippen molar-refractivity contribution in [2.24, 2.45) is 0 Å². The summed E-state index contributed by atoms with van der Waals surface area (Å²) in [5.74, 6) is -0.899. The van der Waals surface area contributed by atoms with E-state index >= 15 is 0 Å². The molecule has 5 nitrogen and oxygen atoms in total. The van der Waals surface area contributed by atoms with Gasteiger partial charge >= 0.3 is 5.97 Å². The molecule has 0 atom stereocenters. The molecule has 0 aliphatic rings. The van der Waals surface area contributed by atoms with Crippen molar-refractivity contribution in [2.75, 3.05) is 5.73 Å². The molecule has 3 rings (SSSR count). The minimum Gasteiger partial charge on any atom is -0.480 e. The van der Waals surface area contributed by atoms with Gasteiger partial charge in [-0.1, -0.05) is 6.07 Å². The number of nitrogens with two attached hydrogens (primary N) is 1. The Labute approximate surface area is 119 Å². The summed E-state index contributed by atoms with van der Waals surface area (Å²) < 4.78 is 14.6. The van der Waals surface area contributed by atoms with E-state index in [1.54, 1.807) is 34.9 Å². The van der Waals surface area contributed by atoms with Crippen LogP contribution in [-0.2, 0) is 11.3 Å². The molecule has 0 unspecified atom stereocenters. The maximum Gasteiger partial charge on any atom is 0.323 e. The minimum atomic E-state index is -0.986. The van der Waals surface area contributed by atoms with Crippen molar-refractivity contribution in [2.45, 2.75) is 6.54 Å². The number of aliphatic carboxylic acids is 1. The molecule has 3 N–H and O–H groups in total. The Bertz CT molecular complexity index is 825. The summed E-state index contributed by atoms with van der Waals surface area (Å²) in [6.45, 7) is -0.243. The fourth-order valence-electron chi connectivity index (χ4n) is 2.28. The fraction of sp³-hybridized carbons (Fsp3) is 0.0667. The summed E-state index contributed by atoms with van der Waals surface area (Å²) in [5, 5.41) is 9.09. The van der Waals surface area contributed by atoms with Gasteiger partial charge in [0.25, 0.3) is 0 Å². The number of hydrogen-bond donors (Lipinski definition) is 2. The molecule has 6 heteroatoms. The first kappa shape index (κ1) is 13.1. The number of para-hydroxylation sites is 1. The van der Waals surface area contributed by atoms with Crippen LogP contribution in [0.3, 0.4) is 0 Å². The minimum absolute atomic E-state index is 0.243. The summed E-state index contributed by atoms with van der Waals surface area (Å²) in [7, 11) is 0. The Kier molecular flexibility index (Phi) is 3.06. The Morgan fingerprint density at radius 1 is 1.24 bits per heavy atom. The number of anilines is 1. The number of nitrogens with zero attached hydrogens (tertiary/aromatic N) is 2. The number of carbonyl (C=O) groups is 1. The van der Waals surface area contributed by atoms with Gasteiger partial charge in [-0.25, -0.2) is 9.37 Å². The molecule has 106 valence electrons.